The standard InChI is InChI=1S/C12H8Br2N2O2S/c13-9-3-8(11(17)10(14)4-9)5-15-16-12(18)7-1-2-19-6-7/h1-6,17H,(H,16,18)/b15-5+. The minimum absolute atomic E-state index is 0.0664. The maximum Gasteiger partial charge on any atom is 0.272 e. The molecule has 98 valence electrons. The lowest BCUT2D eigenvalue weighted by atomic mass is 10.2. The highest BCUT2D eigenvalue weighted by Gasteiger charge is 2.06. The van der Waals surface area contributed by atoms with Crippen LogP contribution >= 0.6 is 43.2 Å². The molecule has 2 aromatic rings. The molecule has 2 rings (SSSR count). The molecule has 0 spiro atoms. The first-order valence-electron chi connectivity index (χ1n) is 5.11. The van der Waals surface area contributed by atoms with Crippen molar-refractivity contribution in [3.8, 4) is 5.75 Å². The largest absolute Gasteiger partial charge is 0.506 e. The first-order valence-corrected chi connectivity index (χ1v) is 7.64. The Morgan fingerprint density at radius 3 is 2.89 bits per heavy atom. The lowest BCUT2D eigenvalue weighted by Crippen LogP contribution is -2.16. The minimum Gasteiger partial charge on any atom is -0.506 e. The summed E-state index contributed by atoms with van der Waals surface area (Å²) in [4.78, 5) is 11.6. The molecular formula is C12H8Br2N2O2S. The van der Waals surface area contributed by atoms with Gasteiger partial charge in [-0.1, -0.05) is 15.9 Å². The molecule has 0 saturated carbocycles. The number of hydrogen-bond acceptors (Lipinski definition) is 4. The normalized spacial score (nSPS) is 10.8. The zero-order valence-corrected chi connectivity index (χ0v) is 13.4. The Hall–Kier alpha value is -1.18. The smallest absolute Gasteiger partial charge is 0.272 e. The van der Waals surface area contributed by atoms with Crippen molar-refractivity contribution in [3.05, 3.63) is 49.0 Å². The third-order valence-electron chi connectivity index (χ3n) is 2.21. The van der Waals surface area contributed by atoms with Gasteiger partial charge in [0.15, 0.2) is 0 Å². The molecule has 1 amide bonds. The second-order valence-corrected chi connectivity index (χ2v) is 6.09. The molecule has 0 aliphatic carbocycles. The third kappa shape index (κ3) is 3.65. The van der Waals surface area contributed by atoms with Gasteiger partial charge in [-0.2, -0.15) is 16.4 Å². The van der Waals surface area contributed by atoms with Gasteiger partial charge < -0.3 is 5.11 Å². The van der Waals surface area contributed by atoms with Crippen molar-refractivity contribution in [2.45, 2.75) is 0 Å². The second kappa shape index (κ2) is 6.31. The molecule has 0 bridgehead atoms. The van der Waals surface area contributed by atoms with Crippen LogP contribution < -0.4 is 5.43 Å². The summed E-state index contributed by atoms with van der Waals surface area (Å²) >= 11 is 7.97. The molecule has 1 heterocycles. The molecule has 2 N–H and O–H groups in total. The Labute approximate surface area is 130 Å². The maximum atomic E-state index is 11.6. The first kappa shape index (κ1) is 14.2. The molecule has 0 radical (unpaired) electrons. The summed E-state index contributed by atoms with van der Waals surface area (Å²) < 4.78 is 1.34. The van der Waals surface area contributed by atoms with E-state index in [2.05, 4.69) is 42.4 Å². The zero-order valence-electron chi connectivity index (χ0n) is 9.43. The summed E-state index contributed by atoms with van der Waals surface area (Å²) in [5.41, 5.74) is 3.44. The Bertz CT molecular complexity index is 627. The van der Waals surface area contributed by atoms with Crippen molar-refractivity contribution < 1.29 is 9.90 Å². The van der Waals surface area contributed by atoms with Crippen LogP contribution in [-0.4, -0.2) is 17.2 Å². The fraction of sp³-hybridized carbons (Fsp3) is 0. The number of nitrogens with one attached hydrogen (secondary N) is 1. The fourth-order valence-corrected chi connectivity index (χ4v) is 3.20. The van der Waals surface area contributed by atoms with Crippen LogP contribution in [0.4, 0.5) is 0 Å². The van der Waals surface area contributed by atoms with Crippen LogP contribution in [0.1, 0.15) is 15.9 Å². The van der Waals surface area contributed by atoms with Gasteiger partial charge in [0.1, 0.15) is 5.75 Å². The number of hydrazone groups is 1. The Kier molecular flexibility index (Phi) is 4.73. The number of thiophene rings is 1. The first-order chi connectivity index (χ1) is 9.08. The average molecular weight is 404 g/mol. The molecule has 0 unspecified atom stereocenters. The van der Waals surface area contributed by atoms with E-state index >= 15 is 0 Å². The number of rotatable bonds is 3. The summed E-state index contributed by atoms with van der Waals surface area (Å²) in [5.74, 6) is -0.220. The number of aromatic hydroxyl groups is 1. The molecule has 0 saturated heterocycles. The summed E-state index contributed by atoms with van der Waals surface area (Å²) in [7, 11) is 0. The Morgan fingerprint density at radius 1 is 1.42 bits per heavy atom. The predicted molar refractivity (Wildman–Crippen MR) is 82.9 cm³/mol. The number of hydrogen-bond donors (Lipinski definition) is 2. The van der Waals surface area contributed by atoms with E-state index in [-0.39, 0.29) is 11.7 Å². The van der Waals surface area contributed by atoms with Gasteiger partial charge >= 0.3 is 0 Å². The zero-order chi connectivity index (χ0) is 13.8. The van der Waals surface area contributed by atoms with E-state index in [9.17, 15) is 9.90 Å². The Balaban J connectivity index is 2.09. The topological polar surface area (TPSA) is 61.7 Å². The van der Waals surface area contributed by atoms with Crippen LogP contribution in [0.15, 0.2) is 43.0 Å². The van der Waals surface area contributed by atoms with Crippen molar-refractivity contribution in [1.82, 2.24) is 5.43 Å². The van der Waals surface area contributed by atoms with Crippen molar-refractivity contribution in [1.29, 1.82) is 0 Å². The molecule has 0 fully saturated rings. The molecule has 0 atom stereocenters. The third-order valence-corrected chi connectivity index (χ3v) is 3.96. The number of carbonyl (C=O) groups excluding carboxylic acids is 1. The van der Waals surface area contributed by atoms with E-state index in [1.165, 1.54) is 17.6 Å². The van der Waals surface area contributed by atoms with E-state index in [1.807, 2.05) is 5.38 Å². The summed E-state index contributed by atoms with van der Waals surface area (Å²) in [6, 6.07) is 5.12. The lowest BCUT2D eigenvalue weighted by Gasteiger charge is -2.02. The highest BCUT2D eigenvalue weighted by Crippen LogP contribution is 2.30. The van der Waals surface area contributed by atoms with E-state index in [1.54, 1.807) is 23.6 Å². The van der Waals surface area contributed by atoms with Gasteiger partial charge in [-0.25, -0.2) is 5.43 Å². The van der Waals surface area contributed by atoms with E-state index in [4.69, 9.17) is 0 Å². The van der Waals surface area contributed by atoms with Crippen LogP contribution in [0.5, 0.6) is 5.75 Å². The maximum absolute atomic E-state index is 11.6. The summed E-state index contributed by atoms with van der Waals surface area (Å²) in [6.07, 6.45) is 1.38. The van der Waals surface area contributed by atoms with Crippen LogP contribution in [0.3, 0.4) is 0 Å². The number of halogens is 2. The second-order valence-electron chi connectivity index (χ2n) is 3.54. The summed E-state index contributed by atoms with van der Waals surface area (Å²) in [6.45, 7) is 0. The molecule has 7 heteroatoms. The van der Waals surface area contributed by atoms with Crippen LogP contribution in [0, 0.1) is 0 Å². The van der Waals surface area contributed by atoms with Gasteiger partial charge in [0.05, 0.1) is 16.3 Å². The Morgan fingerprint density at radius 2 is 2.21 bits per heavy atom. The van der Waals surface area contributed by atoms with E-state index in [0.717, 1.165) is 4.47 Å². The summed E-state index contributed by atoms with van der Waals surface area (Å²) in [5, 5.41) is 17.2. The number of nitrogens with zero attached hydrogens (tertiary/aromatic N) is 1. The number of phenols is 1. The van der Waals surface area contributed by atoms with Gasteiger partial charge in [0.25, 0.3) is 5.91 Å². The van der Waals surface area contributed by atoms with Gasteiger partial charge in [0.2, 0.25) is 0 Å². The van der Waals surface area contributed by atoms with Gasteiger partial charge in [-0.3, -0.25) is 4.79 Å². The highest BCUT2D eigenvalue weighted by atomic mass is 79.9. The number of carbonyl (C=O) groups is 1. The quantitative estimate of drug-likeness (QED) is 0.605. The average Bonchev–Trinajstić information content (AvgIpc) is 2.88. The molecule has 0 aliphatic rings. The molecule has 0 aliphatic heterocycles. The van der Waals surface area contributed by atoms with Gasteiger partial charge in [-0.05, 0) is 39.5 Å². The molecule has 1 aromatic carbocycles. The van der Waals surface area contributed by atoms with E-state index < -0.39 is 0 Å². The van der Waals surface area contributed by atoms with Gasteiger partial charge in [0, 0.05) is 15.4 Å². The van der Waals surface area contributed by atoms with Crippen LogP contribution in [-0.2, 0) is 0 Å². The molecule has 19 heavy (non-hydrogen) atoms. The fourth-order valence-electron chi connectivity index (χ4n) is 1.30. The number of benzene rings is 1. The molecule has 1 aromatic heterocycles. The SMILES string of the molecule is O=C(N/N=C/c1cc(Br)cc(Br)c1O)c1ccsc1. The van der Waals surface area contributed by atoms with Crippen molar-refractivity contribution in [2.75, 3.05) is 0 Å². The highest BCUT2D eigenvalue weighted by molar-refractivity contribution is 9.11. The molecular weight excluding hydrogens is 396 g/mol. The van der Waals surface area contributed by atoms with Crippen LogP contribution in [0.2, 0.25) is 0 Å². The van der Waals surface area contributed by atoms with Crippen LogP contribution in [0.25, 0.3) is 0 Å². The lowest BCUT2D eigenvalue weighted by molar-refractivity contribution is 0.0955. The number of phenolic OH excluding ortho intramolecular Hbond substituents is 1. The van der Waals surface area contributed by atoms with Crippen molar-refractivity contribution in [3.63, 3.8) is 0 Å². The predicted octanol–water partition coefficient (Wildman–Crippen LogP) is 3.74. The molecule has 4 nitrogen and oxygen atoms in total. The number of amides is 1. The van der Waals surface area contributed by atoms with Crippen molar-refractivity contribution in [2.24, 2.45) is 5.10 Å². The monoisotopic (exact) mass is 402 g/mol. The van der Waals surface area contributed by atoms with Gasteiger partial charge in [-0.15, -0.1) is 0 Å². The van der Waals surface area contributed by atoms with Crippen molar-refractivity contribution >= 4 is 55.3 Å². The van der Waals surface area contributed by atoms with E-state index in [0.29, 0.717) is 15.6 Å². The minimum atomic E-state index is -0.286.